The van der Waals surface area contributed by atoms with Crippen molar-refractivity contribution in [1.82, 2.24) is 0 Å². The first-order chi connectivity index (χ1) is 6.08. The fourth-order valence-electron chi connectivity index (χ4n) is 0.616. The Labute approximate surface area is 73.9 Å². The first kappa shape index (κ1) is 11.8. The van der Waals surface area contributed by atoms with Gasteiger partial charge in [0.05, 0.1) is 13.7 Å². The highest BCUT2D eigenvalue weighted by Gasteiger charge is 2.29. The molecule has 0 aliphatic carbocycles. The van der Waals surface area contributed by atoms with E-state index in [1.807, 2.05) is 0 Å². The second-order valence-electron chi connectivity index (χ2n) is 2.16. The number of carbonyl (C=O) groups is 1. The summed E-state index contributed by atoms with van der Waals surface area (Å²) in [6, 6.07) is 0. The maximum Gasteiger partial charge on any atom is 0.337 e. The summed E-state index contributed by atoms with van der Waals surface area (Å²) in [5, 5.41) is 37.3. The van der Waals surface area contributed by atoms with Crippen molar-refractivity contribution in [1.29, 1.82) is 0 Å². The molecule has 4 N–H and O–H groups in total. The Hall–Kier alpha value is -1.18. The number of aliphatic hydroxyl groups excluding tert-OH is 3. The highest BCUT2D eigenvalue weighted by atomic mass is 16.5. The van der Waals surface area contributed by atoms with Crippen LogP contribution in [0, 0.1) is 0 Å². The van der Waals surface area contributed by atoms with Crippen LogP contribution >= 0.6 is 0 Å². The summed E-state index contributed by atoms with van der Waals surface area (Å²) < 4.78 is 4.11. The van der Waals surface area contributed by atoms with E-state index in [1.54, 1.807) is 0 Å². The molecule has 0 aromatic carbocycles. The fraction of sp³-hybridized carbons (Fsp3) is 0.667. The van der Waals surface area contributed by atoms with Gasteiger partial charge in [-0.3, -0.25) is 0 Å². The zero-order valence-electron chi connectivity index (χ0n) is 6.91. The van der Waals surface area contributed by atoms with E-state index in [4.69, 9.17) is 20.5 Å². The van der Waals surface area contributed by atoms with Crippen LogP contribution in [0.5, 0.6) is 0 Å². The first-order valence-electron chi connectivity index (χ1n) is 3.34. The lowest BCUT2D eigenvalue weighted by Crippen LogP contribution is -2.41. The largest absolute Gasteiger partial charge is 0.467 e. The van der Waals surface area contributed by atoms with Gasteiger partial charge < -0.3 is 25.3 Å². The smallest absolute Gasteiger partial charge is 0.337 e. The van der Waals surface area contributed by atoms with Crippen molar-refractivity contribution in [2.75, 3.05) is 13.7 Å². The van der Waals surface area contributed by atoms with Gasteiger partial charge in [0.2, 0.25) is 0 Å². The number of aliphatic hydroxyl groups is 3. The standard InChI is InChI=1S/C6H11NO6/c1-13-6(11)5(10)4(9)3(2-8)7-12/h4-5,8-10,12H,2H2,1H3/t4-,5-/m1/s1. The van der Waals surface area contributed by atoms with Gasteiger partial charge in [0.25, 0.3) is 0 Å². The molecule has 0 rings (SSSR count). The number of hydrogen-bond acceptors (Lipinski definition) is 7. The summed E-state index contributed by atoms with van der Waals surface area (Å²) >= 11 is 0. The number of nitrogens with zero attached hydrogens (tertiary/aromatic N) is 1. The van der Waals surface area contributed by atoms with Crippen molar-refractivity contribution in [3.8, 4) is 0 Å². The molecule has 0 bridgehead atoms. The molecule has 0 fully saturated rings. The van der Waals surface area contributed by atoms with E-state index < -0.39 is 30.5 Å². The zero-order valence-corrected chi connectivity index (χ0v) is 6.91. The summed E-state index contributed by atoms with van der Waals surface area (Å²) in [4.78, 5) is 10.6. The van der Waals surface area contributed by atoms with Gasteiger partial charge in [-0.15, -0.1) is 0 Å². The van der Waals surface area contributed by atoms with Gasteiger partial charge in [-0.25, -0.2) is 4.79 Å². The molecule has 0 aromatic heterocycles. The SMILES string of the molecule is COC(=O)[C@H](O)[C@H](O)C(CO)=NO. The highest BCUT2D eigenvalue weighted by Crippen LogP contribution is 1.98. The summed E-state index contributed by atoms with van der Waals surface area (Å²) in [5.74, 6) is -1.08. The van der Waals surface area contributed by atoms with Crippen LogP contribution in [0.2, 0.25) is 0 Å². The van der Waals surface area contributed by atoms with Gasteiger partial charge >= 0.3 is 5.97 Å². The zero-order chi connectivity index (χ0) is 10.4. The average molecular weight is 193 g/mol. The van der Waals surface area contributed by atoms with Crippen molar-refractivity contribution in [2.45, 2.75) is 12.2 Å². The van der Waals surface area contributed by atoms with Crippen LogP contribution in [0.3, 0.4) is 0 Å². The van der Waals surface area contributed by atoms with Gasteiger partial charge in [-0.2, -0.15) is 0 Å². The normalized spacial score (nSPS) is 16.5. The molecule has 0 aromatic rings. The second kappa shape index (κ2) is 5.46. The Kier molecular flexibility index (Phi) is 4.97. The molecule has 13 heavy (non-hydrogen) atoms. The summed E-state index contributed by atoms with van der Waals surface area (Å²) in [7, 11) is 1.02. The Morgan fingerprint density at radius 3 is 2.31 bits per heavy atom. The van der Waals surface area contributed by atoms with Gasteiger partial charge in [0.15, 0.2) is 6.10 Å². The number of carbonyl (C=O) groups excluding carboxylic acids is 1. The summed E-state index contributed by atoms with van der Waals surface area (Å²) in [5.41, 5.74) is -0.516. The maximum absolute atomic E-state index is 10.6. The number of ether oxygens (including phenoxy) is 1. The lowest BCUT2D eigenvalue weighted by molar-refractivity contribution is -0.154. The monoisotopic (exact) mass is 193 g/mol. The Morgan fingerprint density at radius 2 is 2.00 bits per heavy atom. The molecule has 7 nitrogen and oxygen atoms in total. The Bertz CT molecular complexity index is 203. The van der Waals surface area contributed by atoms with Gasteiger partial charge in [0.1, 0.15) is 11.8 Å². The molecule has 0 aliphatic heterocycles. The molecule has 2 atom stereocenters. The molecule has 0 amide bonds. The van der Waals surface area contributed by atoms with Crippen LogP contribution in [-0.4, -0.2) is 58.1 Å². The molecule has 0 spiro atoms. The van der Waals surface area contributed by atoms with Crippen molar-refractivity contribution in [3.05, 3.63) is 0 Å². The van der Waals surface area contributed by atoms with E-state index in [9.17, 15) is 4.79 Å². The maximum atomic E-state index is 10.6. The van der Waals surface area contributed by atoms with E-state index in [-0.39, 0.29) is 0 Å². The van der Waals surface area contributed by atoms with Gasteiger partial charge in [-0.05, 0) is 0 Å². The van der Waals surface area contributed by atoms with Crippen LogP contribution in [0.1, 0.15) is 0 Å². The number of hydrogen-bond donors (Lipinski definition) is 4. The molecule has 0 radical (unpaired) electrons. The number of methoxy groups -OCH3 is 1. The van der Waals surface area contributed by atoms with Crippen molar-refractivity contribution in [2.24, 2.45) is 5.16 Å². The van der Waals surface area contributed by atoms with E-state index in [1.165, 1.54) is 0 Å². The van der Waals surface area contributed by atoms with E-state index in [2.05, 4.69) is 9.89 Å². The molecule has 0 unspecified atom stereocenters. The average Bonchev–Trinajstić information content (AvgIpc) is 2.17. The molecule has 76 valence electrons. The van der Waals surface area contributed by atoms with Crippen LogP contribution in [0.4, 0.5) is 0 Å². The quantitative estimate of drug-likeness (QED) is 0.172. The van der Waals surface area contributed by atoms with Crippen LogP contribution in [-0.2, 0) is 9.53 Å². The lowest BCUT2D eigenvalue weighted by Gasteiger charge is -2.14. The molecular formula is C6H11NO6. The second-order valence-corrected chi connectivity index (χ2v) is 2.16. The predicted octanol–water partition coefficient (Wildman–Crippen LogP) is -2.30. The minimum atomic E-state index is -1.87. The fourth-order valence-corrected chi connectivity index (χ4v) is 0.616. The van der Waals surface area contributed by atoms with Crippen molar-refractivity contribution >= 4 is 11.7 Å². The molecular weight excluding hydrogens is 182 g/mol. The third-order valence-electron chi connectivity index (χ3n) is 1.37. The minimum Gasteiger partial charge on any atom is -0.467 e. The Morgan fingerprint density at radius 1 is 1.46 bits per heavy atom. The van der Waals surface area contributed by atoms with E-state index in [0.717, 1.165) is 7.11 Å². The minimum absolute atomic E-state index is 0.516. The number of rotatable bonds is 4. The third-order valence-corrected chi connectivity index (χ3v) is 1.37. The van der Waals surface area contributed by atoms with E-state index >= 15 is 0 Å². The number of esters is 1. The van der Waals surface area contributed by atoms with Crippen LogP contribution < -0.4 is 0 Å². The highest BCUT2D eigenvalue weighted by molar-refractivity contribution is 5.93. The van der Waals surface area contributed by atoms with Crippen molar-refractivity contribution in [3.63, 3.8) is 0 Å². The summed E-state index contributed by atoms with van der Waals surface area (Å²) in [6.07, 6.45) is -3.65. The Balaban J connectivity index is 4.40. The lowest BCUT2D eigenvalue weighted by atomic mass is 10.1. The van der Waals surface area contributed by atoms with E-state index in [0.29, 0.717) is 0 Å². The van der Waals surface area contributed by atoms with Crippen LogP contribution in [0.15, 0.2) is 5.16 Å². The molecule has 0 aliphatic rings. The molecule has 7 heteroatoms. The third kappa shape index (κ3) is 2.98. The number of oxime groups is 1. The topological polar surface area (TPSA) is 120 Å². The molecule has 0 saturated carbocycles. The van der Waals surface area contributed by atoms with Crippen LogP contribution in [0.25, 0.3) is 0 Å². The van der Waals surface area contributed by atoms with Gasteiger partial charge in [0, 0.05) is 0 Å². The molecule has 0 heterocycles. The first-order valence-corrected chi connectivity index (χ1v) is 3.34. The van der Waals surface area contributed by atoms with Gasteiger partial charge in [-0.1, -0.05) is 5.16 Å². The van der Waals surface area contributed by atoms with Crippen molar-refractivity contribution < 1.29 is 30.1 Å². The summed E-state index contributed by atoms with van der Waals surface area (Å²) in [6.45, 7) is -0.772. The molecule has 0 saturated heterocycles. The predicted molar refractivity (Wildman–Crippen MR) is 40.3 cm³/mol.